The molecule has 18 aromatic rings. The number of aromatic nitrogens is 4. The van der Waals surface area contributed by atoms with Gasteiger partial charge >= 0.3 is 11.9 Å². The number of anilines is 6. The fourth-order valence-corrected chi connectivity index (χ4v) is 16.6. The van der Waals surface area contributed by atoms with Gasteiger partial charge in [-0.05, 0) is 192 Å². The number of nitriles is 1. The van der Waals surface area contributed by atoms with E-state index in [1.54, 1.807) is 0 Å². The summed E-state index contributed by atoms with van der Waals surface area (Å²) < 4.78 is 14.8. The van der Waals surface area contributed by atoms with E-state index in [1.165, 1.54) is 0 Å². The Balaban J connectivity index is 0.863. The number of hydrogen-bond acceptors (Lipinski definition) is 10. The fourth-order valence-electron chi connectivity index (χ4n) is 16.6. The van der Waals surface area contributed by atoms with Crippen LogP contribution in [-0.2, 0) is 22.7 Å². The van der Waals surface area contributed by atoms with Crippen LogP contribution in [0.15, 0.2) is 388 Å². The maximum atomic E-state index is 15.1. The summed E-state index contributed by atoms with van der Waals surface area (Å²) in [5.41, 5.74) is 25.6. The van der Waals surface area contributed by atoms with Crippen LogP contribution >= 0.6 is 0 Å². The van der Waals surface area contributed by atoms with Gasteiger partial charge in [0, 0.05) is 61.6 Å². The molecule has 0 atom stereocenters. The Morgan fingerprint density at radius 1 is 0.310 bits per heavy atom. The van der Waals surface area contributed by atoms with Crippen LogP contribution in [0.3, 0.4) is 0 Å². The Kier molecular flexibility index (Phi) is 18.0. The Bertz CT molecular complexity index is 6460. The van der Waals surface area contributed by atoms with Crippen molar-refractivity contribution in [3.05, 3.63) is 416 Å². The average Bonchev–Trinajstić information content (AvgIpc) is 0.891. The topological polar surface area (TPSA) is 126 Å². The van der Waals surface area contributed by atoms with Gasteiger partial charge in [-0.1, -0.05) is 279 Å². The molecule has 4 heterocycles. The standard InChI is InChI=1S/C104H68BN7O4/c106-65-70-45-51-94(89(53-70)102-108-100(75-39-21-7-22-40-75)107-101(109-102)76-41-23-8-24-42-76)112-92-44-26-25-43-87(92)88-60-77(48-52-93(88)112)84-63-97-99-98(64-84)111(86-58-82(73-35-17-5-18-36-73)55-83(59-86)74-37-19-6-20-38-74)96-62-79(104(114)116-67-69-29-11-2-12-30-69)47-50-91(96)105(99)90-49-46-78(103(113)115-66-68-27-9-1-10-28-68)61-95(90)110(97)85-56-80(71-31-13-3-14-32-71)54-81(57-85)72-33-15-4-16-34-72/h1-64H,66-67H2. The number of hydrogen-bond donors (Lipinski definition) is 0. The van der Waals surface area contributed by atoms with Crippen molar-refractivity contribution in [2.75, 3.05) is 9.80 Å². The molecule has 0 aliphatic carbocycles. The molecule has 0 fully saturated rings. The zero-order valence-electron chi connectivity index (χ0n) is 62.7. The molecule has 0 bridgehead atoms. The maximum Gasteiger partial charge on any atom is 0.338 e. The highest BCUT2D eigenvalue weighted by molar-refractivity contribution is 7.00. The summed E-state index contributed by atoms with van der Waals surface area (Å²) in [6.07, 6.45) is 0. The molecule has 0 N–H and O–H groups in total. The summed E-state index contributed by atoms with van der Waals surface area (Å²) >= 11 is 0. The first-order chi connectivity index (χ1) is 57.3. The van der Waals surface area contributed by atoms with Crippen LogP contribution in [0.5, 0.6) is 0 Å². The van der Waals surface area contributed by atoms with Gasteiger partial charge in [0.25, 0.3) is 6.71 Å². The van der Waals surface area contributed by atoms with E-state index < -0.39 is 18.7 Å². The lowest BCUT2D eigenvalue weighted by Crippen LogP contribution is -2.61. The van der Waals surface area contributed by atoms with Gasteiger partial charge in [-0.3, -0.25) is 0 Å². The SMILES string of the molecule is N#Cc1ccc(-n2c3ccccc3c3cc(-c4cc5c6c(c4)N(c4cc(-c7ccccc7)cc(-c7ccccc7)c4)c4cc(C(=O)OCc7ccccc7)ccc4B6c4ccc(C(=O)OCc6ccccc6)cc4N5c4cc(-c5ccccc5)cc(-c5ccccc5)c4)ccc32)c(-c2nc(-c3ccccc3)nc(-c3ccccc3)n2)c1. The smallest absolute Gasteiger partial charge is 0.338 e. The minimum Gasteiger partial charge on any atom is -0.457 e. The van der Waals surface area contributed by atoms with Gasteiger partial charge in [0.1, 0.15) is 13.2 Å². The Morgan fingerprint density at radius 2 is 0.698 bits per heavy atom. The van der Waals surface area contributed by atoms with E-state index in [0.717, 1.165) is 156 Å². The van der Waals surface area contributed by atoms with Crippen molar-refractivity contribution in [1.82, 2.24) is 19.5 Å². The van der Waals surface area contributed by atoms with E-state index in [9.17, 15) is 5.26 Å². The summed E-state index contributed by atoms with van der Waals surface area (Å²) in [7, 11) is 0. The molecule has 11 nitrogen and oxygen atoms in total. The first-order valence-corrected chi connectivity index (χ1v) is 38.7. The number of ether oxygens (including phenoxy) is 2. The molecule has 20 rings (SSSR count). The van der Waals surface area contributed by atoms with Crippen LogP contribution in [0.25, 0.3) is 117 Å². The molecule has 2 aliphatic rings. The number of carbonyl (C=O) groups is 2. The molecule has 0 spiro atoms. The molecular formula is C104H68BN7O4. The number of carbonyl (C=O) groups excluding carboxylic acids is 2. The number of para-hydroxylation sites is 1. The molecule has 0 saturated heterocycles. The van der Waals surface area contributed by atoms with Crippen molar-refractivity contribution in [2.24, 2.45) is 0 Å². The Morgan fingerprint density at radius 3 is 1.14 bits per heavy atom. The number of benzene rings is 16. The largest absolute Gasteiger partial charge is 0.457 e. The monoisotopic (exact) mass is 1490 g/mol. The van der Waals surface area contributed by atoms with Crippen LogP contribution in [0.2, 0.25) is 0 Å². The Hall–Kier alpha value is -15.6. The summed E-state index contributed by atoms with van der Waals surface area (Å²) in [5, 5.41) is 12.7. The molecule has 0 unspecified atom stereocenters. The molecule has 546 valence electrons. The van der Waals surface area contributed by atoms with Gasteiger partial charge in [0.2, 0.25) is 0 Å². The van der Waals surface area contributed by atoms with Crippen LogP contribution in [0.4, 0.5) is 34.1 Å². The van der Waals surface area contributed by atoms with E-state index in [4.69, 9.17) is 24.4 Å². The van der Waals surface area contributed by atoms with Crippen molar-refractivity contribution in [1.29, 1.82) is 5.26 Å². The highest BCUT2D eigenvalue weighted by Crippen LogP contribution is 2.50. The molecule has 0 radical (unpaired) electrons. The summed E-state index contributed by atoms with van der Waals surface area (Å²) in [5.74, 6) is 0.472. The van der Waals surface area contributed by atoms with E-state index >= 15 is 9.59 Å². The van der Waals surface area contributed by atoms with Crippen molar-refractivity contribution in [3.63, 3.8) is 0 Å². The maximum absolute atomic E-state index is 15.1. The fraction of sp³-hybridized carbons (Fsp3) is 0.0192. The zero-order chi connectivity index (χ0) is 77.6. The van der Waals surface area contributed by atoms with Crippen molar-refractivity contribution >= 4 is 91.0 Å². The number of esters is 2. The Labute approximate surface area is 671 Å². The lowest BCUT2D eigenvalue weighted by atomic mass is 9.33. The van der Waals surface area contributed by atoms with Crippen molar-refractivity contribution in [2.45, 2.75) is 13.2 Å². The average molecular weight is 1490 g/mol. The predicted octanol–water partition coefficient (Wildman–Crippen LogP) is 23.0. The zero-order valence-corrected chi connectivity index (χ0v) is 62.7. The molecular weight excluding hydrogens is 1420 g/mol. The summed E-state index contributed by atoms with van der Waals surface area (Å²) in [4.78, 5) is 50.4. The van der Waals surface area contributed by atoms with Gasteiger partial charge in [-0.25, -0.2) is 24.5 Å². The molecule has 0 amide bonds. The van der Waals surface area contributed by atoms with Gasteiger partial charge in [-0.2, -0.15) is 5.26 Å². The summed E-state index contributed by atoms with van der Waals surface area (Å²) in [6.45, 7) is -0.334. The quantitative estimate of drug-likeness (QED) is 0.0642. The van der Waals surface area contributed by atoms with Crippen LogP contribution in [-0.4, -0.2) is 38.2 Å². The number of nitrogens with zero attached hydrogens (tertiary/aromatic N) is 7. The minimum atomic E-state index is -0.494. The lowest BCUT2D eigenvalue weighted by Gasteiger charge is -2.45. The third-order valence-corrected chi connectivity index (χ3v) is 22.1. The molecule has 2 aromatic heterocycles. The number of fused-ring (bicyclic) bond motifs is 7. The molecule has 16 aromatic carbocycles. The first-order valence-electron chi connectivity index (χ1n) is 38.7. The second-order valence-electron chi connectivity index (χ2n) is 29.2. The second kappa shape index (κ2) is 29.9. The normalized spacial score (nSPS) is 11.9. The van der Waals surface area contributed by atoms with Crippen LogP contribution in [0, 0.1) is 11.3 Å². The van der Waals surface area contributed by atoms with E-state index in [1.807, 2.05) is 188 Å². The molecule has 0 saturated carbocycles. The molecule has 2 aliphatic heterocycles. The first kappa shape index (κ1) is 69.6. The van der Waals surface area contributed by atoms with E-state index in [-0.39, 0.29) is 13.2 Å². The van der Waals surface area contributed by atoms with Gasteiger partial charge < -0.3 is 23.8 Å². The van der Waals surface area contributed by atoms with Crippen LogP contribution in [0.1, 0.15) is 37.4 Å². The predicted molar refractivity (Wildman–Crippen MR) is 468 cm³/mol. The van der Waals surface area contributed by atoms with Crippen LogP contribution < -0.4 is 26.2 Å². The number of rotatable bonds is 17. The summed E-state index contributed by atoms with van der Waals surface area (Å²) in [6, 6.07) is 135. The van der Waals surface area contributed by atoms with Gasteiger partial charge in [0.05, 0.1) is 39.5 Å². The highest BCUT2D eigenvalue weighted by Gasteiger charge is 2.45. The van der Waals surface area contributed by atoms with Crippen molar-refractivity contribution < 1.29 is 19.1 Å². The minimum absolute atomic E-state index is 0.0803. The van der Waals surface area contributed by atoms with Gasteiger partial charge in [0.15, 0.2) is 17.5 Å². The van der Waals surface area contributed by atoms with E-state index in [2.05, 4.69) is 221 Å². The van der Waals surface area contributed by atoms with Gasteiger partial charge in [-0.15, -0.1) is 0 Å². The third-order valence-electron chi connectivity index (χ3n) is 22.1. The molecule has 12 heteroatoms. The van der Waals surface area contributed by atoms with Crippen molar-refractivity contribution in [3.8, 4) is 102 Å². The van der Waals surface area contributed by atoms with E-state index in [0.29, 0.717) is 39.7 Å². The highest BCUT2D eigenvalue weighted by atomic mass is 16.5. The lowest BCUT2D eigenvalue weighted by molar-refractivity contribution is 0.0464. The molecule has 116 heavy (non-hydrogen) atoms. The third kappa shape index (κ3) is 13.1. The second-order valence-corrected chi connectivity index (χ2v) is 29.2.